The summed E-state index contributed by atoms with van der Waals surface area (Å²) in [6, 6.07) is 0. The fourth-order valence-corrected chi connectivity index (χ4v) is 9.11. The van der Waals surface area contributed by atoms with Gasteiger partial charge in [-0.3, -0.25) is 0 Å². The van der Waals surface area contributed by atoms with Crippen molar-refractivity contribution in [3.05, 3.63) is 42.4 Å². The first-order valence-electron chi connectivity index (χ1n) is 25.3. The van der Waals surface area contributed by atoms with Gasteiger partial charge in [-0.1, -0.05) is 220 Å². The average Bonchev–Trinajstić information content (AvgIpc) is 3.20. The molecule has 2 unspecified atom stereocenters. The summed E-state index contributed by atoms with van der Waals surface area (Å²) in [6.07, 6.45) is 56.4. The van der Waals surface area contributed by atoms with Crippen LogP contribution in [0.4, 0.5) is 0 Å². The lowest BCUT2D eigenvalue weighted by molar-refractivity contribution is 0.207. The monoisotopic (exact) mass is 765 g/mol. The number of nitrogens with zero attached hydrogens (tertiary/aromatic N) is 2. The molecule has 2 nitrogen and oxygen atoms in total. The number of rotatable bonds is 42. The molecule has 2 atom stereocenters. The van der Waals surface area contributed by atoms with Gasteiger partial charge >= 0.3 is 0 Å². The number of unbranched alkanes of at least 4 members (excludes halogenated alkanes) is 23. The summed E-state index contributed by atoms with van der Waals surface area (Å²) in [5, 5.41) is 0. The maximum atomic E-state index is 4.23. The Morgan fingerprint density at radius 1 is 0.564 bits per heavy atom. The molecule has 55 heavy (non-hydrogen) atoms. The van der Waals surface area contributed by atoms with Crippen molar-refractivity contribution in [1.29, 1.82) is 0 Å². The van der Waals surface area contributed by atoms with E-state index >= 15 is 0 Å². The summed E-state index contributed by atoms with van der Waals surface area (Å²) in [6.45, 7) is 21.2. The van der Waals surface area contributed by atoms with Crippen LogP contribution in [0.25, 0.3) is 0 Å². The van der Waals surface area contributed by atoms with Crippen LogP contribution in [0, 0.1) is 17.8 Å². The predicted molar refractivity (Wildman–Crippen MR) is 250 cm³/mol. The van der Waals surface area contributed by atoms with Gasteiger partial charge in [0.1, 0.15) is 0 Å². The second-order valence-corrected chi connectivity index (χ2v) is 18.0. The fourth-order valence-electron chi connectivity index (χ4n) is 9.11. The van der Waals surface area contributed by atoms with E-state index in [0.717, 1.165) is 24.8 Å². The van der Waals surface area contributed by atoms with E-state index in [0.29, 0.717) is 5.92 Å². The Balaban J connectivity index is 2.49. The molecule has 1 heterocycles. The largest absolute Gasteiger partial charge is 0.355 e. The first-order chi connectivity index (χ1) is 27.1. The van der Waals surface area contributed by atoms with Gasteiger partial charge in [0.05, 0.1) is 0 Å². The van der Waals surface area contributed by atoms with Gasteiger partial charge < -0.3 is 9.80 Å². The second-order valence-electron chi connectivity index (χ2n) is 18.0. The molecule has 0 fully saturated rings. The Bertz CT molecular complexity index is 883. The van der Waals surface area contributed by atoms with Crippen LogP contribution >= 0.6 is 0 Å². The molecule has 0 spiro atoms. The molecular formula is C53H100N2. The zero-order valence-corrected chi connectivity index (χ0v) is 38.5. The highest BCUT2D eigenvalue weighted by atomic mass is 15.1. The first-order valence-corrected chi connectivity index (χ1v) is 25.3. The normalized spacial score (nSPS) is 14.0. The van der Waals surface area contributed by atoms with Crippen LogP contribution in [0.5, 0.6) is 0 Å². The third-order valence-electron chi connectivity index (χ3n) is 13.1. The molecule has 0 aromatic rings. The molecule has 0 bridgehead atoms. The van der Waals surface area contributed by atoms with Gasteiger partial charge in [0.15, 0.2) is 0 Å². The standard InChI is InChI=1S/C53H100N2/c1-7-12-15-18-21-22-23-24-26-32-40-51(10-4)49-55(48-39-47-54-44-37-31-38-45-54)46-36-30-25-29-33-41-52(11-5)50(6)53(42-34-27-19-16-13-8-2)43-35-28-20-17-14-9-3/h37-38,44-45,50-51,53H,5,7-10,12-36,39-43,46-49H2,1-4,6H3. The Labute approximate surface area is 347 Å². The molecule has 0 aliphatic carbocycles. The topological polar surface area (TPSA) is 6.48 Å². The molecule has 1 aliphatic heterocycles. The van der Waals surface area contributed by atoms with Gasteiger partial charge in [-0.25, -0.2) is 0 Å². The van der Waals surface area contributed by atoms with E-state index in [2.05, 4.69) is 81.3 Å². The van der Waals surface area contributed by atoms with E-state index in [4.69, 9.17) is 0 Å². The van der Waals surface area contributed by atoms with Gasteiger partial charge in [0.2, 0.25) is 0 Å². The van der Waals surface area contributed by atoms with Crippen LogP contribution in [-0.2, 0) is 0 Å². The van der Waals surface area contributed by atoms with Crippen LogP contribution < -0.4 is 0 Å². The molecule has 0 saturated heterocycles. The van der Waals surface area contributed by atoms with Crippen LogP contribution in [-0.4, -0.2) is 36.0 Å². The molecule has 0 radical (unpaired) electrons. The van der Waals surface area contributed by atoms with Crippen LogP contribution in [0.2, 0.25) is 0 Å². The lowest BCUT2D eigenvalue weighted by Gasteiger charge is -2.28. The van der Waals surface area contributed by atoms with E-state index < -0.39 is 0 Å². The van der Waals surface area contributed by atoms with Gasteiger partial charge in [-0.2, -0.15) is 0 Å². The zero-order chi connectivity index (χ0) is 39.9. The van der Waals surface area contributed by atoms with Crippen molar-refractivity contribution in [2.45, 2.75) is 253 Å². The first kappa shape index (κ1) is 51.8. The van der Waals surface area contributed by atoms with Gasteiger partial charge in [-0.05, 0) is 100 Å². The van der Waals surface area contributed by atoms with E-state index in [1.165, 1.54) is 232 Å². The molecule has 0 saturated carbocycles. The van der Waals surface area contributed by atoms with E-state index in [1.807, 2.05) is 0 Å². The Morgan fingerprint density at radius 2 is 1.00 bits per heavy atom. The average molecular weight is 765 g/mol. The molecular weight excluding hydrogens is 665 g/mol. The van der Waals surface area contributed by atoms with Crippen molar-refractivity contribution in [2.24, 2.45) is 17.8 Å². The molecule has 0 aromatic carbocycles. The van der Waals surface area contributed by atoms with E-state index in [1.54, 1.807) is 5.57 Å². The van der Waals surface area contributed by atoms with Crippen LogP contribution in [0.15, 0.2) is 42.4 Å². The fraction of sp³-hybridized carbons (Fsp3) is 0.868. The van der Waals surface area contributed by atoms with Crippen LogP contribution in [0.1, 0.15) is 253 Å². The lowest BCUT2D eigenvalue weighted by atomic mass is 9.79. The molecule has 0 amide bonds. The summed E-state index contributed by atoms with van der Waals surface area (Å²) in [7, 11) is 0. The van der Waals surface area contributed by atoms with Gasteiger partial charge in [0.25, 0.3) is 0 Å². The van der Waals surface area contributed by atoms with Crippen molar-refractivity contribution in [3.63, 3.8) is 0 Å². The van der Waals surface area contributed by atoms with Crippen molar-refractivity contribution in [2.75, 3.05) is 26.2 Å². The SMILES string of the molecule is C=C=C(CCCCCCCN(CCCN1C=CCC=C1)CC(CC)CCCCCCCCCCCC)C(C)C(CCCCCCCC)CCCCCCCC. The molecule has 0 N–H and O–H groups in total. The second kappa shape index (κ2) is 39.6. The molecule has 1 rings (SSSR count). The minimum atomic E-state index is 0.653. The zero-order valence-electron chi connectivity index (χ0n) is 38.5. The third-order valence-corrected chi connectivity index (χ3v) is 13.1. The predicted octanol–water partition coefficient (Wildman–Crippen LogP) is 17.6. The van der Waals surface area contributed by atoms with E-state index in [-0.39, 0.29) is 0 Å². The summed E-state index contributed by atoms with van der Waals surface area (Å²) in [5.41, 5.74) is 5.03. The van der Waals surface area contributed by atoms with Crippen molar-refractivity contribution in [1.82, 2.24) is 9.80 Å². The third kappa shape index (κ3) is 30.5. The summed E-state index contributed by atoms with van der Waals surface area (Å²) >= 11 is 0. The highest BCUT2D eigenvalue weighted by Gasteiger charge is 2.20. The van der Waals surface area contributed by atoms with Crippen LogP contribution in [0.3, 0.4) is 0 Å². The number of allylic oxidation sites excluding steroid dienone is 3. The molecule has 0 aromatic heterocycles. The maximum absolute atomic E-state index is 4.23. The molecule has 322 valence electrons. The van der Waals surface area contributed by atoms with Gasteiger partial charge in [0, 0.05) is 13.1 Å². The number of hydrogen-bond acceptors (Lipinski definition) is 2. The van der Waals surface area contributed by atoms with Crippen molar-refractivity contribution < 1.29 is 0 Å². The minimum absolute atomic E-state index is 0.653. The summed E-state index contributed by atoms with van der Waals surface area (Å²) < 4.78 is 0. The molecule has 2 heteroatoms. The smallest absolute Gasteiger partial charge is 0.0231 e. The Kier molecular flexibility index (Phi) is 37.3. The maximum Gasteiger partial charge on any atom is 0.0231 e. The lowest BCUT2D eigenvalue weighted by Crippen LogP contribution is -2.33. The van der Waals surface area contributed by atoms with Crippen molar-refractivity contribution in [3.8, 4) is 0 Å². The number of hydrogen-bond donors (Lipinski definition) is 0. The van der Waals surface area contributed by atoms with Crippen molar-refractivity contribution >= 4 is 0 Å². The Morgan fingerprint density at radius 3 is 1.49 bits per heavy atom. The van der Waals surface area contributed by atoms with E-state index in [9.17, 15) is 0 Å². The summed E-state index contributed by atoms with van der Waals surface area (Å²) in [5.74, 6) is 2.34. The summed E-state index contributed by atoms with van der Waals surface area (Å²) in [4.78, 5) is 5.25. The quantitative estimate of drug-likeness (QED) is 0.0451. The highest BCUT2D eigenvalue weighted by Crippen LogP contribution is 2.32. The van der Waals surface area contributed by atoms with Gasteiger partial charge in [-0.15, -0.1) is 5.73 Å². The minimum Gasteiger partial charge on any atom is -0.355 e. The Hall–Kier alpha value is -1.24. The molecule has 1 aliphatic rings. The highest BCUT2D eigenvalue weighted by molar-refractivity contribution is 5.05.